The van der Waals surface area contributed by atoms with E-state index in [-0.39, 0.29) is 17.9 Å². The van der Waals surface area contributed by atoms with E-state index in [4.69, 9.17) is 4.74 Å². The zero-order valence-electron chi connectivity index (χ0n) is 15.8. The van der Waals surface area contributed by atoms with Crippen LogP contribution in [0.5, 0.6) is 0 Å². The second-order valence-corrected chi connectivity index (χ2v) is 7.56. The molecule has 2 fully saturated rings. The normalized spacial score (nSPS) is 24.2. The Morgan fingerprint density at radius 3 is 2.77 bits per heavy atom. The van der Waals surface area contributed by atoms with Crippen LogP contribution >= 0.6 is 0 Å². The van der Waals surface area contributed by atoms with Gasteiger partial charge in [-0.2, -0.15) is 0 Å². The molecule has 2 saturated heterocycles. The highest BCUT2D eigenvalue weighted by atomic mass is 16.5. The lowest BCUT2D eigenvalue weighted by molar-refractivity contribution is -0.175. The second-order valence-electron chi connectivity index (χ2n) is 7.56. The summed E-state index contributed by atoms with van der Waals surface area (Å²) in [5.41, 5.74) is 0.249. The van der Waals surface area contributed by atoms with E-state index >= 15 is 0 Å². The quantitative estimate of drug-likeness (QED) is 0.825. The summed E-state index contributed by atoms with van der Waals surface area (Å²) in [5, 5.41) is 0. The van der Waals surface area contributed by atoms with Crippen LogP contribution in [0.25, 0.3) is 0 Å². The van der Waals surface area contributed by atoms with Gasteiger partial charge in [-0.15, -0.1) is 0 Å². The van der Waals surface area contributed by atoms with E-state index in [2.05, 4.69) is 4.98 Å². The van der Waals surface area contributed by atoms with Crippen LogP contribution in [0.1, 0.15) is 45.1 Å². The molecule has 3 rings (SSSR count). The van der Waals surface area contributed by atoms with Gasteiger partial charge in [0, 0.05) is 37.9 Å². The average molecular weight is 359 g/mol. The van der Waals surface area contributed by atoms with Crippen molar-refractivity contribution in [1.82, 2.24) is 14.8 Å². The fourth-order valence-electron chi connectivity index (χ4n) is 3.89. The number of ether oxygens (including phenoxy) is 1. The van der Waals surface area contributed by atoms with Crippen LogP contribution in [0.4, 0.5) is 0 Å². The minimum atomic E-state index is -0.856. The zero-order valence-corrected chi connectivity index (χ0v) is 15.8. The molecule has 1 spiro atoms. The minimum absolute atomic E-state index is 0.0524. The number of rotatable bonds is 4. The number of hydrogen-bond acceptors (Lipinski definition) is 4. The first kappa shape index (κ1) is 18.8. The first-order chi connectivity index (χ1) is 12.5. The number of pyridine rings is 1. The molecule has 6 heteroatoms. The summed E-state index contributed by atoms with van der Waals surface area (Å²) in [5.74, 6) is 0.147. The Morgan fingerprint density at radius 2 is 2.04 bits per heavy atom. The van der Waals surface area contributed by atoms with Gasteiger partial charge in [0.15, 0.2) is 5.60 Å². The fourth-order valence-corrected chi connectivity index (χ4v) is 3.89. The van der Waals surface area contributed by atoms with Crippen LogP contribution < -0.4 is 0 Å². The summed E-state index contributed by atoms with van der Waals surface area (Å²) in [7, 11) is 0. The van der Waals surface area contributed by atoms with Gasteiger partial charge in [-0.05, 0) is 57.2 Å². The molecule has 0 radical (unpaired) electrons. The van der Waals surface area contributed by atoms with Crippen molar-refractivity contribution in [3.8, 4) is 0 Å². The minimum Gasteiger partial charge on any atom is -0.361 e. The van der Waals surface area contributed by atoms with Crippen LogP contribution in [0, 0.1) is 0 Å². The smallest absolute Gasteiger partial charge is 0.256 e. The Balaban J connectivity index is 1.67. The van der Waals surface area contributed by atoms with Crippen LogP contribution in [-0.4, -0.2) is 64.5 Å². The highest BCUT2D eigenvalue weighted by Crippen LogP contribution is 2.31. The molecule has 142 valence electrons. The van der Waals surface area contributed by atoms with Gasteiger partial charge in [-0.1, -0.05) is 0 Å². The molecule has 0 bridgehead atoms. The summed E-state index contributed by atoms with van der Waals surface area (Å²) >= 11 is 0. The van der Waals surface area contributed by atoms with Gasteiger partial charge in [-0.3, -0.25) is 14.6 Å². The van der Waals surface area contributed by atoms with Gasteiger partial charge in [-0.25, -0.2) is 0 Å². The van der Waals surface area contributed by atoms with Crippen LogP contribution in [0.15, 0.2) is 24.5 Å². The Labute approximate surface area is 155 Å². The van der Waals surface area contributed by atoms with E-state index in [1.807, 2.05) is 35.8 Å². The number of morpholine rings is 1. The summed E-state index contributed by atoms with van der Waals surface area (Å²) in [4.78, 5) is 33.6. The van der Waals surface area contributed by atoms with E-state index < -0.39 is 5.60 Å². The van der Waals surface area contributed by atoms with E-state index in [1.165, 1.54) is 0 Å². The molecule has 0 aromatic carbocycles. The molecule has 1 unspecified atom stereocenters. The number of carbonyl (C=O) groups is 2. The fraction of sp³-hybridized carbons (Fsp3) is 0.650. The third-order valence-electron chi connectivity index (χ3n) is 5.42. The molecule has 2 amide bonds. The number of nitrogens with zero attached hydrogens (tertiary/aromatic N) is 3. The third kappa shape index (κ3) is 4.06. The predicted octanol–water partition coefficient (Wildman–Crippen LogP) is 2.03. The zero-order chi connectivity index (χ0) is 18.6. The lowest BCUT2D eigenvalue weighted by Crippen LogP contribution is -2.61. The summed E-state index contributed by atoms with van der Waals surface area (Å²) in [6.07, 6.45) is 7.27. The molecule has 2 aliphatic rings. The number of carbonyl (C=O) groups excluding carboxylic acids is 2. The number of aromatic nitrogens is 1. The first-order valence-electron chi connectivity index (χ1n) is 9.63. The summed E-state index contributed by atoms with van der Waals surface area (Å²) in [6, 6.07) is 4.02. The molecule has 1 aromatic heterocycles. The number of aryl methyl sites for hydroxylation is 1. The SMILES string of the molecule is CC(C)N1CCCCC2(CN(C(=O)CCc3ccncc3)CCO2)C1=O. The van der Waals surface area contributed by atoms with Crippen molar-refractivity contribution >= 4 is 11.8 Å². The molecule has 1 aromatic rings. The van der Waals surface area contributed by atoms with Crippen molar-refractivity contribution in [3.05, 3.63) is 30.1 Å². The van der Waals surface area contributed by atoms with Crippen molar-refractivity contribution < 1.29 is 14.3 Å². The average Bonchev–Trinajstić information content (AvgIpc) is 2.80. The molecule has 2 aliphatic heterocycles. The van der Waals surface area contributed by atoms with Crippen LogP contribution in [0.3, 0.4) is 0 Å². The number of amides is 2. The lowest BCUT2D eigenvalue weighted by atomic mass is 9.93. The van der Waals surface area contributed by atoms with Gasteiger partial charge < -0.3 is 14.5 Å². The maximum Gasteiger partial charge on any atom is 0.256 e. The van der Waals surface area contributed by atoms with Crippen LogP contribution in [-0.2, 0) is 20.7 Å². The lowest BCUT2D eigenvalue weighted by Gasteiger charge is -2.43. The molecule has 0 aliphatic carbocycles. The topological polar surface area (TPSA) is 62.7 Å². The molecular formula is C20H29N3O3. The second kappa shape index (κ2) is 8.16. The van der Waals surface area contributed by atoms with Gasteiger partial charge in [0.2, 0.25) is 5.91 Å². The molecule has 3 heterocycles. The van der Waals surface area contributed by atoms with E-state index in [1.54, 1.807) is 12.4 Å². The third-order valence-corrected chi connectivity index (χ3v) is 5.42. The van der Waals surface area contributed by atoms with Crippen LogP contribution in [0.2, 0.25) is 0 Å². The van der Waals surface area contributed by atoms with Crippen molar-refractivity contribution in [2.45, 2.75) is 57.6 Å². The molecule has 1 atom stereocenters. The Bertz CT molecular complexity index is 634. The Kier molecular flexibility index (Phi) is 5.91. The predicted molar refractivity (Wildman–Crippen MR) is 98.5 cm³/mol. The number of likely N-dealkylation sites (tertiary alicyclic amines) is 1. The van der Waals surface area contributed by atoms with E-state index in [0.717, 1.165) is 24.9 Å². The monoisotopic (exact) mass is 359 g/mol. The Hall–Kier alpha value is -1.95. The highest BCUT2D eigenvalue weighted by Gasteiger charge is 2.48. The highest BCUT2D eigenvalue weighted by molar-refractivity contribution is 5.87. The van der Waals surface area contributed by atoms with Gasteiger partial charge in [0.1, 0.15) is 0 Å². The number of hydrogen-bond donors (Lipinski definition) is 0. The molecule has 26 heavy (non-hydrogen) atoms. The van der Waals surface area contributed by atoms with Crippen molar-refractivity contribution in [2.24, 2.45) is 0 Å². The first-order valence-corrected chi connectivity index (χ1v) is 9.63. The molecule has 0 saturated carbocycles. The van der Waals surface area contributed by atoms with Crippen molar-refractivity contribution in [1.29, 1.82) is 0 Å². The van der Waals surface area contributed by atoms with E-state index in [9.17, 15) is 9.59 Å². The van der Waals surface area contributed by atoms with Gasteiger partial charge in [0.05, 0.1) is 13.2 Å². The van der Waals surface area contributed by atoms with Crippen molar-refractivity contribution in [2.75, 3.05) is 26.2 Å². The van der Waals surface area contributed by atoms with Gasteiger partial charge >= 0.3 is 0 Å². The molecular weight excluding hydrogens is 330 g/mol. The van der Waals surface area contributed by atoms with Crippen molar-refractivity contribution in [3.63, 3.8) is 0 Å². The molecule has 0 N–H and O–H groups in total. The largest absolute Gasteiger partial charge is 0.361 e. The van der Waals surface area contributed by atoms with E-state index in [0.29, 0.717) is 39.0 Å². The molecule has 6 nitrogen and oxygen atoms in total. The summed E-state index contributed by atoms with van der Waals surface area (Å²) in [6.45, 7) is 6.22. The summed E-state index contributed by atoms with van der Waals surface area (Å²) < 4.78 is 6.03. The van der Waals surface area contributed by atoms with Gasteiger partial charge in [0.25, 0.3) is 5.91 Å². The Morgan fingerprint density at radius 1 is 1.27 bits per heavy atom. The standard InChI is InChI=1S/C20H29N3O3/c1-16(2)23-12-4-3-9-20(19(23)25)15-22(13-14-26-20)18(24)6-5-17-7-10-21-11-8-17/h7-8,10-11,16H,3-6,9,12-15H2,1-2H3. The maximum atomic E-state index is 13.2. The maximum absolute atomic E-state index is 13.2.